The first-order valence-corrected chi connectivity index (χ1v) is 6.17. The molecule has 3 nitrogen and oxygen atoms in total. The number of nitrogens with zero attached hydrogens (tertiary/aromatic N) is 1. The Hall–Kier alpha value is -1.24. The molecule has 2 rings (SSSR count). The summed E-state index contributed by atoms with van der Waals surface area (Å²) >= 11 is 5.82. The van der Waals surface area contributed by atoms with Crippen LogP contribution in [0.4, 0.5) is 5.69 Å². The number of anilines is 1. The van der Waals surface area contributed by atoms with E-state index in [4.69, 9.17) is 16.3 Å². The lowest BCUT2D eigenvalue weighted by atomic mass is 9.92. The van der Waals surface area contributed by atoms with Gasteiger partial charge in [0.2, 0.25) is 0 Å². The monoisotopic (exact) mass is 250 g/mol. The van der Waals surface area contributed by atoms with Crippen LogP contribution < -0.4 is 5.32 Å². The fourth-order valence-corrected chi connectivity index (χ4v) is 2.16. The van der Waals surface area contributed by atoms with Crippen molar-refractivity contribution in [1.29, 1.82) is 5.26 Å². The number of ether oxygens (including phenoxy) is 1. The van der Waals surface area contributed by atoms with Crippen LogP contribution in [0.15, 0.2) is 24.3 Å². The molecule has 0 aliphatic carbocycles. The molecule has 1 heterocycles. The van der Waals surface area contributed by atoms with E-state index in [1.807, 2.05) is 24.3 Å². The van der Waals surface area contributed by atoms with Gasteiger partial charge in [-0.05, 0) is 43.0 Å². The molecule has 1 atom stereocenters. The summed E-state index contributed by atoms with van der Waals surface area (Å²) < 4.78 is 5.31. The number of nitrogens with one attached hydrogen (secondary N) is 1. The molecule has 0 aromatic heterocycles. The Bertz CT molecular complexity index is 393. The van der Waals surface area contributed by atoms with E-state index in [1.165, 1.54) is 0 Å². The fraction of sp³-hybridized carbons (Fsp3) is 0.462. The molecule has 1 aromatic carbocycles. The fourth-order valence-electron chi connectivity index (χ4n) is 2.03. The lowest BCUT2D eigenvalue weighted by Crippen LogP contribution is -2.32. The minimum absolute atomic E-state index is 0.153. The highest BCUT2D eigenvalue weighted by atomic mass is 35.5. The third kappa shape index (κ3) is 3.36. The lowest BCUT2D eigenvalue weighted by molar-refractivity contribution is 0.0651. The molecule has 0 radical (unpaired) electrons. The van der Waals surface area contributed by atoms with Gasteiger partial charge in [0, 0.05) is 23.9 Å². The van der Waals surface area contributed by atoms with E-state index in [0.717, 1.165) is 31.7 Å². The van der Waals surface area contributed by atoms with Gasteiger partial charge < -0.3 is 10.1 Å². The van der Waals surface area contributed by atoms with Gasteiger partial charge in [-0.3, -0.25) is 0 Å². The van der Waals surface area contributed by atoms with Crippen molar-refractivity contribution in [2.75, 3.05) is 18.5 Å². The molecule has 1 fully saturated rings. The summed E-state index contributed by atoms with van der Waals surface area (Å²) in [7, 11) is 0. The standard InChI is InChI=1S/C13H15ClN2O/c14-11-1-3-12(4-2-11)16-13(9-15)10-5-7-17-8-6-10/h1-4,10,13,16H,5-8H2. The Balaban J connectivity index is 1.99. The molecule has 1 aliphatic rings. The van der Waals surface area contributed by atoms with Gasteiger partial charge in [0.15, 0.2) is 0 Å². The number of hydrogen-bond donors (Lipinski definition) is 1. The predicted octanol–water partition coefficient (Wildman–Crippen LogP) is 3.07. The number of halogens is 1. The van der Waals surface area contributed by atoms with Gasteiger partial charge in [-0.15, -0.1) is 0 Å². The summed E-state index contributed by atoms with van der Waals surface area (Å²) in [6, 6.07) is 9.62. The largest absolute Gasteiger partial charge is 0.381 e. The Morgan fingerprint density at radius 3 is 2.53 bits per heavy atom. The molecule has 90 valence electrons. The molecule has 0 amide bonds. The maximum Gasteiger partial charge on any atom is 0.117 e. The quantitative estimate of drug-likeness (QED) is 0.897. The average molecular weight is 251 g/mol. The zero-order valence-electron chi connectivity index (χ0n) is 9.53. The number of hydrogen-bond acceptors (Lipinski definition) is 3. The van der Waals surface area contributed by atoms with Crippen LogP contribution in [0.25, 0.3) is 0 Å². The molecule has 1 aliphatic heterocycles. The molecule has 1 saturated heterocycles. The van der Waals surface area contributed by atoms with Crippen molar-refractivity contribution < 1.29 is 4.74 Å². The molecule has 17 heavy (non-hydrogen) atoms. The second-order valence-corrected chi connectivity index (χ2v) is 4.64. The predicted molar refractivity (Wildman–Crippen MR) is 68.0 cm³/mol. The molecule has 1 aromatic rings. The Labute approximate surface area is 106 Å². The van der Waals surface area contributed by atoms with Gasteiger partial charge in [-0.2, -0.15) is 5.26 Å². The molecule has 0 spiro atoms. The highest BCUT2D eigenvalue weighted by molar-refractivity contribution is 6.30. The van der Waals surface area contributed by atoms with Crippen LogP contribution in [0.2, 0.25) is 5.02 Å². The van der Waals surface area contributed by atoms with Gasteiger partial charge >= 0.3 is 0 Å². The first-order chi connectivity index (χ1) is 8.29. The maximum absolute atomic E-state index is 9.21. The van der Waals surface area contributed by atoms with Crippen LogP contribution in [-0.4, -0.2) is 19.3 Å². The Morgan fingerprint density at radius 2 is 1.94 bits per heavy atom. The van der Waals surface area contributed by atoms with E-state index in [9.17, 15) is 5.26 Å². The summed E-state index contributed by atoms with van der Waals surface area (Å²) in [4.78, 5) is 0. The average Bonchev–Trinajstić information content (AvgIpc) is 2.39. The lowest BCUT2D eigenvalue weighted by Gasteiger charge is -2.27. The van der Waals surface area contributed by atoms with Crippen LogP contribution in [0.1, 0.15) is 12.8 Å². The minimum Gasteiger partial charge on any atom is -0.381 e. The van der Waals surface area contributed by atoms with Crippen LogP contribution in [0.5, 0.6) is 0 Å². The van der Waals surface area contributed by atoms with E-state index >= 15 is 0 Å². The SMILES string of the molecule is N#CC(Nc1ccc(Cl)cc1)C1CCOCC1. The van der Waals surface area contributed by atoms with Crippen LogP contribution in [-0.2, 0) is 4.74 Å². The summed E-state index contributed by atoms with van der Waals surface area (Å²) in [5, 5.41) is 13.2. The highest BCUT2D eigenvalue weighted by Crippen LogP contribution is 2.22. The van der Waals surface area contributed by atoms with E-state index < -0.39 is 0 Å². The van der Waals surface area contributed by atoms with Gasteiger partial charge in [0.05, 0.1) is 6.07 Å². The number of benzene rings is 1. The van der Waals surface area contributed by atoms with Gasteiger partial charge in [-0.25, -0.2) is 0 Å². The van der Waals surface area contributed by atoms with Crippen molar-refractivity contribution in [1.82, 2.24) is 0 Å². The van der Waals surface area contributed by atoms with Crippen molar-refractivity contribution in [3.8, 4) is 6.07 Å². The number of rotatable bonds is 3. The molecule has 0 bridgehead atoms. The van der Waals surface area contributed by atoms with Crippen LogP contribution in [0, 0.1) is 17.2 Å². The first kappa shape index (κ1) is 12.2. The first-order valence-electron chi connectivity index (χ1n) is 5.79. The van der Waals surface area contributed by atoms with E-state index in [0.29, 0.717) is 10.9 Å². The molecular formula is C13H15ClN2O. The third-order valence-electron chi connectivity index (χ3n) is 3.04. The summed E-state index contributed by atoms with van der Waals surface area (Å²) in [5.74, 6) is 0.365. The van der Waals surface area contributed by atoms with Gasteiger partial charge in [0.1, 0.15) is 6.04 Å². The Morgan fingerprint density at radius 1 is 1.29 bits per heavy atom. The van der Waals surface area contributed by atoms with Crippen molar-refractivity contribution >= 4 is 17.3 Å². The van der Waals surface area contributed by atoms with Crippen LogP contribution >= 0.6 is 11.6 Å². The van der Waals surface area contributed by atoms with Crippen LogP contribution in [0.3, 0.4) is 0 Å². The Kier molecular flexibility index (Phi) is 4.24. The molecule has 4 heteroatoms. The van der Waals surface area contributed by atoms with E-state index in [2.05, 4.69) is 11.4 Å². The zero-order valence-corrected chi connectivity index (χ0v) is 10.3. The van der Waals surface area contributed by atoms with Gasteiger partial charge in [0.25, 0.3) is 0 Å². The van der Waals surface area contributed by atoms with Crippen molar-refractivity contribution in [3.05, 3.63) is 29.3 Å². The second kappa shape index (κ2) is 5.90. The summed E-state index contributed by atoms with van der Waals surface area (Å²) in [6.45, 7) is 1.51. The maximum atomic E-state index is 9.21. The molecular weight excluding hydrogens is 236 g/mol. The normalized spacial score (nSPS) is 18.4. The smallest absolute Gasteiger partial charge is 0.117 e. The van der Waals surface area contributed by atoms with Crippen molar-refractivity contribution in [2.45, 2.75) is 18.9 Å². The molecule has 0 saturated carbocycles. The highest BCUT2D eigenvalue weighted by Gasteiger charge is 2.23. The van der Waals surface area contributed by atoms with Crippen molar-refractivity contribution in [3.63, 3.8) is 0 Å². The van der Waals surface area contributed by atoms with E-state index in [-0.39, 0.29) is 6.04 Å². The van der Waals surface area contributed by atoms with Gasteiger partial charge in [-0.1, -0.05) is 11.6 Å². The second-order valence-electron chi connectivity index (χ2n) is 4.21. The summed E-state index contributed by atoms with van der Waals surface area (Å²) in [5.41, 5.74) is 0.937. The molecule has 1 unspecified atom stereocenters. The minimum atomic E-state index is -0.153. The van der Waals surface area contributed by atoms with Crippen molar-refractivity contribution in [2.24, 2.45) is 5.92 Å². The summed E-state index contributed by atoms with van der Waals surface area (Å²) in [6.07, 6.45) is 1.89. The third-order valence-corrected chi connectivity index (χ3v) is 3.29. The molecule has 1 N–H and O–H groups in total. The number of nitriles is 1. The zero-order chi connectivity index (χ0) is 12.1. The topological polar surface area (TPSA) is 45.0 Å². The van der Waals surface area contributed by atoms with E-state index in [1.54, 1.807) is 0 Å².